The average molecular weight is 391 g/mol. The molecule has 2 unspecified atom stereocenters. The molecule has 2 atom stereocenters. The van der Waals surface area contributed by atoms with E-state index >= 15 is 0 Å². The Labute approximate surface area is 170 Å². The standard InChI is InChI=1S/C22H38N4O2/c1-5-11-26-12-10-18(16-26)14-24-22(23-6-2)25-15-21(27)19-8-7-9-20(13-19)28-17(3)4/h7-9,13,17-18,21,27H,5-6,10-12,14-16H2,1-4H3,(H2,23,24,25). The molecule has 1 fully saturated rings. The molecule has 2 rings (SSSR count). The van der Waals surface area contributed by atoms with Gasteiger partial charge in [-0.25, -0.2) is 0 Å². The molecule has 1 saturated heterocycles. The topological polar surface area (TPSA) is 69.1 Å². The Kier molecular flexibility index (Phi) is 9.58. The van der Waals surface area contributed by atoms with Crippen LogP contribution in [0.1, 0.15) is 52.2 Å². The van der Waals surface area contributed by atoms with E-state index in [-0.39, 0.29) is 6.10 Å². The molecule has 6 nitrogen and oxygen atoms in total. The summed E-state index contributed by atoms with van der Waals surface area (Å²) in [6, 6.07) is 7.62. The Balaban J connectivity index is 1.87. The van der Waals surface area contributed by atoms with Crippen LogP contribution in [0.15, 0.2) is 29.3 Å². The van der Waals surface area contributed by atoms with Crippen molar-refractivity contribution < 1.29 is 9.84 Å². The summed E-state index contributed by atoms with van der Waals surface area (Å²) < 4.78 is 5.72. The normalized spacial score (nSPS) is 19.1. The van der Waals surface area contributed by atoms with E-state index in [2.05, 4.69) is 34.4 Å². The van der Waals surface area contributed by atoms with Crippen LogP contribution in [0.25, 0.3) is 0 Å². The number of guanidine groups is 1. The lowest BCUT2D eigenvalue weighted by molar-refractivity contribution is 0.185. The number of hydrogen-bond donors (Lipinski definition) is 3. The summed E-state index contributed by atoms with van der Waals surface area (Å²) in [5.41, 5.74) is 0.823. The number of hydrogen-bond acceptors (Lipinski definition) is 4. The molecule has 1 aliphatic heterocycles. The van der Waals surface area contributed by atoms with E-state index in [0.717, 1.165) is 36.9 Å². The highest BCUT2D eigenvalue weighted by molar-refractivity contribution is 5.79. The van der Waals surface area contributed by atoms with Crippen molar-refractivity contribution in [3.8, 4) is 5.75 Å². The lowest BCUT2D eigenvalue weighted by atomic mass is 10.1. The second kappa shape index (κ2) is 11.9. The summed E-state index contributed by atoms with van der Waals surface area (Å²) in [5, 5.41) is 17.3. The number of nitrogens with zero attached hydrogens (tertiary/aromatic N) is 2. The third-order valence-electron chi connectivity index (χ3n) is 4.85. The molecule has 0 aromatic heterocycles. The van der Waals surface area contributed by atoms with Crippen LogP contribution in [0.3, 0.4) is 0 Å². The van der Waals surface area contributed by atoms with Crippen LogP contribution in [0, 0.1) is 5.92 Å². The minimum absolute atomic E-state index is 0.110. The molecule has 6 heteroatoms. The first-order valence-corrected chi connectivity index (χ1v) is 10.7. The van der Waals surface area contributed by atoms with E-state index in [1.54, 1.807) is 0 Å². The summed E-state index contributed by atoms with van der Waals surface area (Å²) in [6.45, 7) is 13.8. The number of nitrogens with one attached hydrogen (secondary N) is 2. The van der Waals surface area contributed by atoms with Crippen LogP contribution in [-0.4, -0.2) is 61.3 Å². The molecule has 0 spiro atoms. The zero-order chi connectivity index (χ0) is 20.4. The van der Waals surface area contributed by atoms with Gasteiger partial charge in [0.2, 0.25) is 0 Å². The van der Waals surface area contributed by atoms with Gasteiger partial charge in [-0.1, -0.05) is 19.1 Å². The van der Waals surface area contributed by atoms with Crippen LogP contribution < -0.4 is 15.4 Å². The van der Waals surface area contributed by atoms with Gasteiger partial charge in [0.25, 0.3) is 0 Å². The summed E-state index contributed by atoms with van der Waals surface area (Å²) in [6.07, 6.45) is 1.90. The SMILES string of the molecule is CCCN1CCC(CNC(=NCC(O)c2cccc(OC(C)C)c2)NCC)C1. The van der Waals surface area contributed by atoms with Gasteiger partial charge in [0, 0.05) is 19.6 Å². The summed E-state index contributed by atoms with van der Waals surface area (Å²) in [7, 11) is 0. The third-order valence-corrected chi connectivity index (χ3v) is 4.85. The number of aliphatic hydroxyl groups excluding tert-OH is 1. The van der Waals surface area contributed by atoms with Gasteiger partial charge in [0.15, 0.2) is 5.96 Å². The summed E-state index contributed by atoms with van der Waals surface area (Å²) in [5.74, 6) is 2.20. The van der Waals surface area contributed by atoms with Gasteiger partial charge in [-0.05, 0) is 70.3 Å². The summed E-state index contributed by atoms with van der Waals surface area (Å²) in [4.78, 5) is 7.12. The molecular formula is C22H38N4O2. The average Bonchev–Trinajstić information content (AvgIpc) is 3.11. The van der Waals surface area contributed by atoms with Crippen LogP contribution in [-0.2, 0) is 0 Å². The number of aliphatic imine (C=N–C) groups is 1. The largest absolute Gasteiger partial charge is 0.491 e. The fourth-order valence-electron chi connectivity index (χ4n) is 3.53. The number of rotatable bonds is 10. The smallest absolute Gasteiger partial charge is 0.191 e. The molecule has 0 aliphatic carbocycles. The molecule has 0 bridgehead atoms. The fourth-order valence-corrected chi connectivity index (χ4v) is 3.53. The Morgan fingerprint density at radius 3 is 2.86 bits per heavy atom. The van der Waals surface area contributed by atoms with E-state index < -0.39 is 6.10 Å². The number of likely N-dealkylation sites (tertiary alicyclic amines) is 1. The van der Waals surface area contributed by atoms with Gasteiger partial charge in [-0.15, -0.1) is 0 Å². The fraction of sp³-hybridized carbons (Fsp3) is 0.682. The quantitative estimate of drug-likeness (QED) is 0.423. The Bertz CT molecular complexity index is 606. The molecule has 1 aliphatic rings. The minimum atomic E-state index is -0.655. The first-order chi connectivity index (χ1) is 13.5. The van der Waals surface area contributed by atoms with E-state index in [1.807, 2.05) is 38.1 Å². The van der Waals surface area contributed by atoms with Crippen molar-refractivity contribution in [3.63, 3.8) is 0 Å². The Morgan fingerprint density at radius 1 is 1.32 bits per heavy atom. The molecule has 1 aromatic carbocycles. The van der Waals surface area contributed by atoms with Crippen molar-refractivity contribution in [2.45, 2.75) is 52.7 Å². The van der Waals surface area contributed by atoms with Crippen LogP contribution in [0.5, 0.6) is 5.75 Å². The zero-order valence-corrected chi connectivity index (χ0v) is 17.9. The highest BCUT2D eigenvalue weighted by Crippen LogP contribution is 2.20. The van der Waals surface area contributed by atoms with Crippen molar-refractivity contribution in [2.24, 2.45) is 10.9 Å². The van der Waals surface area contributed by atoms with Crippen LogP contribution in [0.4, 0.5) is 0 Å². The van der Waals surface area contributed by atoms with Gasteiger partial charge >= 0.3 is 0 Å². The molecular weight excluding hydrogens is 352 g/mol. The van der Waals surface area contributed by atoms with E-state index in [1.165, 1.54) is 25.9 Å². The van der Waals surface area contributed by atoms with E-state index in [9.17, 15) is 5.11 Å². The second-order valence-electron chi connectivity index (χ2n) is 7.81. The van der Waals surface area contributed by atoms with Gasteiger partial charge < -0.3 is 25.4 Å². The maximum Gasteiger partial charge on any atom is 0.191 e. The molecule has 0 saturated carbocycles. The lowest BCUT2D eigenvalue weighted by Crippen LogP contribution is -2.40. The van der Waals surface area contributed by atoms with E-state index in [0.29, 0.717) is 12.5 Å². The van der Waals surface area contributed by atoms with Crippen molar-refractivity contribution in [2.75, 3.05) is 39.3 Å². The second-order valence-corrected chi connectivity index (χ2v) is 7.81. The highest BCUT2D eigenvalue weighted by atomic mass is 16.5. The molecule has 158 valence electrons. The van der Waals surface area contributed by atoms with Crippen molar-refractivity contribution >= 4 is 5.96 Å². The summed E-state index contributed by atoms with van der Waals surface area (Å²) >= 11 is 0. The first kappa shape index (κ1) is 22.5. The van der Waals surface area contributed by atoms with Gasteiger partial charge in [0.05, 0.1) is 18.8 Å². The predicted octanol–water partition coefficient (Wildman–Crippen LogP) is 2.79. The lowest BCUT2D eigenvalue weighted by Gasteiger charge is -2.17. The Hall–Kier alpha value is -1.79. The van der Waals surface area contributed by atoms with Crippen LogP contribution in [0.2, 0.25) is 0 Å². The maximum absolute atomic E-state index is 10.5. The van der Waals surface area contributed by atoms with Crippen molar-refractivity contribution in [1.82, 2.24) is 15.5 Å². The maximum atomic E-state index is 10.5. The van der Waals surface area contributed by atoms with Crippen molar-refractivity contribution in [3.05, 3.63) is 29.8 Å². The number of ether oxygens (including phenoxy) is 1. The number of aliphatic hydroxyl groups is 1. The minimum Gasteiger partial charge on any atom is -0.491 e. The molecule has 0 amide bonds. The van der Waals surface area contributed by atoms with Crippen molar-refractivity contribution in [1.29, 1.82) is 0 Å². The molecule has 0 radical (unpaired) electrons. The van der Waals surface area contributed by atoms with Crippen LogP contribution >= 0.6 is 0 Å². The molecule has 28 heavy (non-hydrogen) atoms. The zero-order valence-electron chi connectivity index (χ0n) is 17.9. The number of benzene rings is 1. The monoisotopic (exact) mass is 390 g/mol. The highest BCUT2D eigenvalue weighted by Gasteiger charge is 2.21. The third kappa shape index (κ3) is 7.68. The van der Waals surface area contributed by atoms with E-state index in [4.69, 9.17) is 4.74 Å². The Morgan fingerprint density at radius 2 is 2.14 bits per heavy atom. The molecule has 1 aromatic rings. The van der Waals surface area contributed by atoms with Gasteiger partial charge in [-0.3, -0.25) is 4.99 Å². The van der Waals surface area contributed by atoms with Gasteiger partial charge in [-0.2, -0.15) is 0 Å². The van der Waals surface area contributed by atoms with Gasteiger partial charge in [0.1, 0.15) is 5.75 Å². The molecule has 1 heterocycles. The first-order valence-electron chi connectivity index (χ1n) is 10.7. The molecule has 3 N–H and O–H groups in total. The predicted molar refractivity (Wildman–Crippen MR) is 116 cm³/mol.